The van der Waals surface area contributed by atoms with E-state index in [4.69, 9.17) is 4.74 Å². The van der Waals surface area contributed by atoms with Gasteiger partial charge in [0.05, 0.1) is 6.61 Å². The van der Waals surface area contributed by atoms with Crippen LogP contribution < -0.4 is 10.1 Å². The summed E-state index contributed by atoms with van der Waals surface area (Å²) in [7, 11) is 0. The Morgan fingerprint density at radius 2 is 2.06 bits per heavy atom. The lowest BCUT2D eigenvalue weighted by Crippen LogP contribution is -2.25. The Kier molecular flexibility index (Phi) is 4.75. The highest BCUT2D eigenvalue weighted by atomic mass is 32.2. The van der Waals surface area contributed by atoms with Crippen LogP contribution in [0.15, 0.2) is 24.3 Å². The van der Waals surface area contributed by atoms with Crippen LogP contribution in [-0.4, -0.2) is 24.7 Å². The van der Waals surface area contributed by atoms with E-state index in [9.17, 15) is 0 Å². The average Bonchev–Trinajstić information content (AvgIpc) is 2.56. The minimum Gasteiger partial charge on any atom is -0.494 e. The van der Waals surface area contributed by atoms with Crippen LogP contribution in [0.2, 0.25) is 0 Å². The van der Waals surface area contributed by atoms with Gasteiger partial charge in [-0.3, -0.25) is 0 Å². The highest BCUT2D eigenvalue weighted by molar-refractivity contribution is 7.99. The molecule has 3 heteroatoms. The van der Waals surface area contributed by atoms with Gasteiger partial charge in [-0.1, -0.05) is 19.1 Å². The Balaban J connectivity index is 2.00. The van der Waals surface area contributed by atoms with Gasteiger partial charge in [0.1, 0.15) is 5.75 Å². The summed E-state index contributed by atoms with van der Waals surface area (Å²) in [5.41, 5.74) is 1.37. The summed E-state index contributed by atoms with van der Waals surface area (Å²) in [6, 6.07) is 8.98. The SMILES string of the molecule is CCOc1ccc(C2CSCC(C)CN2)cc1. The lowest BCUT2D eigenvalue weighted by molar-refractivity contribution is 0.340. The van der Waals surface area contributed by atoms with Crippen molar-refractivity contribution in [1.29, 1.82) is 0 Å². The van der Waals surface area contributed by atoms with Crippen molar-refractivity contribution in [3.05, 3.63) is 29.8 Å². The molecule has 1 fully saturated rings. The number of thioether (sulfide) groups is 1. The average molecular weight is 251 g/mol. The smallest absolute Gasteiger partial charge is 0.119 e. The highest BCUT2D eigenvalue weighted by Crippen LogP contribution is 2.25. The minimum absolute atomic E-state index is 0.487. The van der Waals surface area contributed by atoms with E-state index >= 15 is 0 Å². The molecule has 0 radical (unpaired) electrons. The second-order valence-electron chi connectivity index (χ2n) is 4.61. The standard InChI is InChI=1S/C14H21NOS/c1-3-16-13-6-4-12(5-7-13)14-10-17-9-11(2)8-15-14/h4-7,11,14-15H,3,8-10H2,1-2H3. The summed E-state index contributed by atoms with van der Waals surface area (Å²) in [6.45, 7) is 6.17. The number of hydrogen-bond donors (Lipinski definition) is 1. The first-order valence-corrected chi connectivity index (χ1v) is 7.49. The van der Waals surface area contributed by atoms with Crippen molar-refractivity contribution in [2.75, 3.05) is 24.7 Å². The molecule has 1 aromatic rings. The molecule has 2 nitrogen and oxygen atoms in total. The summed E-state index contributed by atoms with van der Waals surface area (Å²) < 4.78 is 5.46. The third-order valence-electron chi connectivity index (χ3n) is 2.99. The monoisotopic (exact) mass is 251 g/mol. The van der Waals surface area contributed by atoms with Crippen LogP contribution in [0.5, 0.6) is 5.75 Å². The summed E-state index contributed by atoms with van der Waals surface area (Å²) in [4.78, 5) is 0. The van der Waals surface area contributed by atoms with Crippen LogP contribution >= 0.6 is 11.8 Å². The van der Waals surface area contributed by atoms with Crippen LogP contribution in [0, 0.1) is 5.92 Å². The first kappa shape index (κ1) is 12.8. The van der Waals surface area contributed by atoms with E-state index in [0.29, 0.717) is 6.04 Å². The van der Waals surface area contributed by atoms with E-state index in [1.165, 1.54) is 17.1 Å². The van der Waals surface area contributed by atoms with Gasteiger partial charge < -0.3 is 10.1 Å². The van der Waals surface area contributed by atoms with Gasteiger partial charge in [0.15, 0.2) is 0 Å². The van der Waals surface area contributed by atoms with Gasteiger partial charge in [0.2, 0.25) is 0 Å². The van der Waals surface area contributed by atoms with Crippen molar-refractivity contribution in [2.45, 2.75) is 19.9 Å². The van der Waals surface area contributed by atoms with Crippen molar-refractivity contribution >= 4 is 11.8 Å². The van der Waals surface area contributed by atoms with Gasteiger partial charge in [-0.2, -0.15) is 11.8 Å². The summed E-state index contributed by atoms with van der Waals surface area (Å²) in [6.07, 6.45) is 0. The molecule has 1 aromatic carbocycles. The van der Waals surface area contributed by atoms with Crippen molar-refractivity contribution in [2.24, 2.45) is 5.92 Å². The predicted molar refractivity (Wildman–Crippen MR) is 74.8 cm³/mol. The zero-order valence-electron chi connectivity index (χ0n) is 10.6. The lowest BCUT2D eigenvalue weighted by atomic mass is 10.1. The van der Waals surface area contributed by atoms with Gasteiger partial charge in [0, 0.05) is 11.8 Å². The number of rotatable bonds is 3. The highest BCUT2D eigenvalue weighted by Gasteiger charge is 2.17. The van der Waals surface area contributed by atoms with E-state index in [0.717, 1.165) is 24.8 Å². The third-order valence-corrected chi connectivity index (χ3v) is 4.37. The van der Waals surface area contributed by atoms with E-state index < -0.39 is 0 Å². The topological polar surface area (TPSA) is 21.3 Å². The number of nitrogens with one attached hydrogen (secondary N) is 1. The maximum absolute atomic E-state index is 5.46. The van der Waals surface area contributed by atoms with Crippen molar-refractivity contribution < 1.29 is 4.74 Å². The molecular weight excluding hydrogens is 230 g/mol. The molecule has 1 aliphatic rings. The van der Waals surface area contributed by atoms with Crippen LogP contribution in [-0.2, 0) is 0 Å². The van der Waals surface area contributed by atoms with E-state index in [1.54, 1.807) is 0 Å². The van der Waals surface area contributed by atoms with E-state index in [2.05, 4.69) is 36.5 Å². The number of ether oxygens (including phenoxy) is 1. The second-order valence-corrected chi connectivity index (χ2v) is 5.68. The van der Waals surface area contributed by atoms with Crippen molar-refractivity contribution in [1.82, 2.24) is 5.32 Å². The zero-order valence-corrected chi connectivity index (χ0v) is 11.4. The second kappa shape index (κ2) is 6.31. The van der Waals surface area contributed by atoms with Crippen LogP contribution in [0.1, 0.15) is 25.5 Å². The van der Waals surface area contributed by atoms with Gasteiger partial charge in [-0.05, 0) is 42.8 Å². The van der Waals surface area contributed by atoms with Gasteiger partial charge in [-0.25, -0.2) is 0 Å². The van der Waals surface area contributed by atoms with E-state index in [1.807, 2.05) is 18.7 Å². The molecular formula is C14H21NOS. The van der Waals surface area contributed by atoms with Gasteiger partial charge in [0.25, 0.3) is 0 Å². The van der Waals surface area contributed by atoms with Gasteiger partial charge in [-0.15, -0.1) is 0 Å². The fourth-order valence-electron chi connectivity index (χ4n) is 2.03. The fraction of sp³-hybridized carbons (Fsp3) is 0.571. The molecule has 94 valence electrons. The van der Waals surface area contributed by atoms with Crippen molar-refractivity contribution in [3.8, 4) is 5.75 Å². The lowest BCUT2D eigenvalue weighted by Gasteiger charge is -2.16. The first-order valence-electron chi connectivity index (χ1n) is 6.33. The largest absolute Gasteiger partial charge is 0.494 e. The number of hydrogen-bond acceptors (Lipinski definition) is 3. The molecule has 0 bridgehead atoms. The molecule has 0 aliphatic carbocycles. The maximum Gasteiger partial charge on any atom is 0.119 e. The fourth-order valence-corrected chi connectivity index (χ4v) is 3.23. The Bertz CT molecular complexity index is 339. The molecule has 1 heterocycles. The molecule has 0 saturated carbocycles. The molecule has 0 aromatic heterocycles. The summed E-state index contributed by atoms with van der Waals surface area (Å²) in [5.74, 6) is 4.16. The Morgan fingerprint density at radius 3 is 2.76 bits per heavy atom. The molecule has 17 heavy (non-hydrogen) atoms. The maximum atomic E-state index is 5.46. The molecule has 1 aliphatic heterocycles. The molecule has 0 spiro atoms. The summed E-state index contributed by atoms with van der Waals surface area (Å²) >= 11 is 2.05. The quantitative estimate of drug-likeness (QED) is 0.892. The minimum atomic E-state index is 0.487. The predicted octanol–water partition coefficient (Wildman–Crippen LogP) is 3.10. The number of benzene rings is 1. The van der Waals surface area contributed by atoms with Crippen LogP contribution in [0.4, 0.5) is 0 Å². The zero-order chi connectivity index (χ0) is 12.1. The van der Waals surface area contributed by atoms with E-state index in [-0.39, 0.29) is 0 Å². The Hall–Kier alpha value is -0.670. The third kappa shape index (κ3) is 3.65. The normalized spacial score (nSPS) is 25.3. The van der Waals surface area contributed by atoms with Gasteiger partial charge >= 0.3 is 0 Å². The molecule has 2 unspecified atom stereocenters. The molecule has 2 atom stereocenters. The molecule has 1 N–H and O–H groups in total. The summed E-state index contributed by atoms with van der Waals surface area (Å²) in [5, 5.41) is 3.64. The molecule has 1 saturated heterocycles. The first-order chi connectivity index (χ1) is 8.29. The Labute approximate surface area is 108 Å². The molecule has 2 rings (SSSR count). The Morgan fingerprint density at radius 1 is 1.29 bits per heavy atom. The van der Waals surface area contributed by atoms with Crippen LogP contribution in [0.25, 0.3) is 0 Å². The molecule has 0 amide bonds. The van der Waals surface area contributed by atoms with Crippen molar-refractivity contribution in [3.63, 3.8) is 0 Å². The van der Waals surface area contributed by atoms with Crippen LogP contribution in [0.3, 0.4) is 0 Å².